The van der Waals surface area contributed by atoms with Crippen molar-refractivity contribution in [2.24, 2.45) is 0 Å². The van der Waals surface area contributed by atoms with Crippen LogP contribution in [-0.4, -0.2) is 5.97 Å². The molecule has 1 unspecified atom stereocenters. The van der Waals surface area contributed by atoms with Gasteiger partial charge in [-0.05, 0) is 33.8 Å². The second-order valence-electron chi connectivity index (χ2n) is 2.65. The first-order chi connectivity index (χ1) is 5.77. The number of hydrogen-bond acceptors (Lipinski definition) is 3. The van der Waals surface area contributed by atoms with Crippen molar-refractivity contribution in [1.29, 1.82) is 0 Å². The molecule has 1 atom stereocenters. The molecule has 1 aromatic heterocycles. The summed E-state index contributed by atoms with van der Waals surface area (Å²) in [4.78, 5) is 12.0. The Morgan fingerprint density at radius 2 is 2.50 bits per heavy atom. The molecule has 2 rings (SSSR count). The van der Waals surface area contributed by atoms with Crippen LogP contribution in [0.25, 0.3) is 0 Å². The summed E-state index contributed by atoms with van der Waals surface area (Å²) >= 11 is 5.04. The van der Waals surface area contributed by atoms with E-state index in [-0.39, 0.29) is 12.1 Å². The number of thiophene rings is 1. The molecule has 1 aliphatic heterocycles. The van der Waals surface area contributed by atoms with Crippen LogP contribution in [0.4, 0.5) is 0 Å². The molecule has 2 nitrogen and oxygen atoms in total. The van der Waals surface area contributed by atoms with Gasteiger partial charge < -0.3 is 4.74 Å². The van der Waals surface area contributed by atoms with Gasteiger partial charge in [-0.1, -0.05) is 0 Å². The molecular formula is C8H7BrO2S. The summed E-state index contributed by atoms with van der Waals surface area (Å²) in [5.74, 6) is -0.0831. The number of carbonyl (C=O) groups excluding carboxylic acids is 1. The Morgan fingerprint density at radius 3 is 3.00 bits per heavy atom. The molecule has 1 fully saturated rings. The minimum atomic E-state index is -0.0831. The van der Waals surface area contributed by atoms with Crippen LogP contribution in [0.1, 0.15) is 23.8 Å². The van der Waals surface area contributed by atoms with Crippen LogP contribution in [0, 0.1) is 0 Å². The topological polar surface area (TPSA) is 26.3 Å². The molecule has 4 heteroatoms. The first kappa shape index (κ1) is 8.26. The number of hydrogen-bond donors (Lipinski definition) is 0. The van der Waals surface area contributed by atoms with Crippen molar-refractivity contribution in [2.75, 3.05) is 0 Å². The molecule has 0 bridgehead atoms. The molecule has 0 N–H and O–H groups in total. The van der Waals surface area contributed by atoms with Gasteiger partial charge in [-0.25, -0.2) is 0 Å². The first-order valence-electron chi connectivity index (χ1n) is 3.70. The van der Waals surface area contributed by atoms with Crippen molar-refractivity contribution in [3.8, 4) is 0 Å². The van der Waals surface area contributed by atoms with Gasteiger partial charge in [0.15, 0.2) is 0 Å². The summed E-state index contributed by atoms with van der Waals surface area (Å²) in [6.45, 7) is 0. The maximum Gasteiger partial charge on any atom is 0.306 e. The van der Waals surface area contributed by atoms with Gasteiger partial charge in [0.2, 0.25) is 0 Å². The molecule has 0 radical (unpaired) electrons. The van der Waals surface area contributed by atoms with E-state index in [0.29, 0.717) is 6.42 Å². The third-order valence-electron chi connectivity index (χ3n) is 1.82. The minimum Gasteiger partial charge on any atom is -0.457 e. The molecule has 1 aromatic rings. The number of halogens is 1. The lowest BCUT2D eigenvalue weighted by Gasteiger charge is -2.06. The monoisotopic (exact) mass is 246 g/mol. The number of carbonyl (C=O) groups is 1. The van der Waals surface area contributed by atoms with Gasteiger partial charge in [0.05, 0.1) is 4.88 Å². The molecule has 2 heterocycles. The molecule has 12 heavy (non-hydrogen) atoms. The third-order valence-corrected chi connectivity index (χ3v) is 3.78. The van der Waals surface area contributed by atoms with Crippen LogP contribution in [0.15, 0.2) is 15.9 Å². The van der Waals surface area contributed by atoms with E-state index in [1.165, 1.54) is 0 Å². The average Bonchev–Trinajstić information content (AvgIpc) is 2.58. The largest absolute Gasteiger partial charge is 0.457 e. The van der Waals surface area contributed by atoms with Crippen molar-refractivity contribution in [2.45, 2.75) is 18.9 Å². The molecule has 1 saturated heterocycles. The van der Waals surface area contributed by atoms with E-state index in [1.54, 1.807) is 11.3 Å². The quantitative estimate of drug-likeness (QED) is 0.713. The summed E-state index contributed by atoms with van der Waals surface area (Å²) in [6.07, 6.45) is 1.36. The lowest BCUT2D eigenvalue weighted by molar-refractivity contribution is -0.141. The Hall–Kier alpha value is -0.350. The fourth-order valence-electron chi connectivity index (χ4n) is 1.25. The lowest BCUT2D eigenvalue weighted by atomic mass is 10.2. The summed E-state index contributed by atoms with van der Waals surface area (Å²) in [7, 11) is 0. The standard InChI is InChI=1S/C8H7BrO2S/c9-5-3-4-12-8(5)6-1-2-7(10)11-6/h3-4,6H,1-2H2. The predicted octanol–water partition coefficient (Wildman–Crippen LogP) is 2.89. The van der Waals surface area contributed by atoms with E-state index in [2.05, 4.69) is 15.9 Å². The van der Waals surface area contributed by atoms with Crippen LogP contribution >= 0.6 is 27.3 Å². The van der Waals surface area contributed by atoms with Gasteiger partial charge in [-0.2, -0.15) is 0 Å². The van der Waals surface area contributed by atoms with Crippen molar-refractivity contribution in [3.63, 3.8) is 0 Å². The van der Waals surface area contributed by atoms with Gasteiger partial charge in [-0.3, -0.25) is 4.79 Å². The molecule has 64 valence electrons. The molecule has 0 aliphatic carbocycles. The van der Waals surface area contributed by atoms with Crippen LogP contribution in [-0.2, 0) is 9.53 Å². The molecular weight excluding hydrogens is 240 g/mol. The second kappa shape index (κ2) is 3.18. The smallest absolute Gasteiger partial charge is 0.306 e. The fourth-order valence-corrected chi connectivity index (χ4v) is 2.94. The summed E-state index contributed by atoms with van der Waals surface area (Å²) in [5.41, 5.74) is 0. The van der Waals surface area contributed by atoms with Crippen LogP contribution < -0.4 is 0 Å². The highest BCUT2D eigenvalue weighted by molar-refractivity contribution is 9.10. The summed E-state index contributed by atoms with van der Waals surface area (Å²) in [6, 6.07) is 1.98. The Morgan fingerprint density at radius 1 is 1.67 bits per heavy atom. The predicted molar refractivity (Wildman–Crippen MR) is 50.1 cm³/mol. The van der Waals surface area contributed by atoms with E-state index >= 15 is 0 Å². The fraction of sp³-hybridized carbons (Fsp3) is 0.375. The molecule has 0 spiro atoms. The van der Waals surface area contributed by atoms with Crippen molar-refractivity contribution < 1.29 is 9.53 Å². The number of cyclic esters (lactones) is 1. The summed E-state index contributed by atoms with van der Waals surface area (Å²) < 4.78 is 6.18. The zero-order valence-electron chi connectivity index (χ0n) is 6.25. The maximum absolute atomic E-state index is 10.8. The second-order valence-corrected chi connectivity index (χ2v) is 4.45. The van der Waals surface area contributed by atoms with E-state index in [1.807, 2.05) is 11.4 Å². The number of rotatable bonds is 1. The molecule has 0 aromatic carbocycles. The van der Waals surface area contributed by atoms with Gasteiger partial charge in [0, 0.05) is 10.9 Å². The third kappa shape index (κ3) is 1.41. The van der Waals surface area contributed by atoms with Crippen LogP contribution in [0.3, 0.4) is 0 Å². The van der Waals surface area contributed by atoms with Crippen molar-refractivity contribution in [1.82, 2.24) is 0 Å². The van der Waals surface area contributed by atoms with Crippen molar-refractivity contribution >= 4 is 33.2 Å². The highest BCUT2D eigenvalue weighted by Gasteiger charge is 2.27. The lowest BCUT2D eigenvalue weighted by Crippen LogP contribution is -1.96. The van der Waals surface area contributed by atoms with Gasteiger partial charge in [0.25, 0.3) is 0 Å². The average molecular weight is 247 g/mol. The van der Waals surface area contributed by atoms with Crippen molar-refractivity contribution in [3.05, 3.63) is 20.8 Å². The van der Waals surface area contributed by atoms with E-state index in [0.717, 1.165) is 15.8 Å². The van der Waals surface area contributed by atoms with Gasteiger partial charge in [0.1, 0.15) is 6.10 Å². The molecule has 0 amide bonds. The number of esters is 1. The first-order valence-corrected chi connectivity index (χ1v) is 5.37. The van der Waals surface area contributed by atoms with E-state index in [4.69, 9.17) is 4.74 Å². The summed E-state index contributed by atoms with van der Waals surface area (Å²) in [5, 5.41) is 1.99. The van der Waals surface area contributed by atoms with Crippen LogP contribution in [0.2, 0.25) is 0 Å². The zero-order chi connectivity index (χ0) is 8.55. The molecule has 1 aliphatic rings. The highest BCUT2D eigenvalue weighted by Crippen LogP contribution is 2.37. The van der Waals surface area contributed by atoms with Gasteiger partial charge in [-0.15, -0.1) is 11.3 Å². The number of ether oxygens (including phenoxy) is 1. The SMILES string of the molecule is O=C1CCC(c2sccc2Br)O1. The molecule has 0 saturated carbocycles. The Kier molecular flexibility index (Phi) is 2.19. The Balaban J connectivity index is 2.21. The van der Waals surface area contributed by atoms with E-state index in [9.17, 15) is 4.79 Å². The van der Waals surface area contributed by atoms with Crippen LogP contribution in [0.5, 0.6) is 0 Å². The minimum absolute atomic E-state index is 0.00752. The Labute approximate surface area is 82.7 Å². The van der Waals surface area contributed by atoms with E-state index < -0.39 is 0 Å². The Bertz CT molecular complexity index is 308. The normalized spacial score (nSPS) is 22.8. The zero-order valence-corrected chi connectivity index (χ0v) is 8.65. The van der Waals surface area contributed by atoms with Gasteiger partial charge >= 0.3 is 5.97 Å². The maximum atomic E-state index is 10.8. The highest BCUT2D eigenvalue weighted by atomic mass is 79.9.